The summed E-state index contributed by atoms with van der Waals surface area (Å²) in [6.07, 6.45) is 21.6. The van der Waals surface area contributed by atoms with Crippen LogP contribution in [-0.2, 0) is 10.1 Å². The third-order valence-electron chi connectivity index (χ3n) is 5.97. The molecule has 1 N–H and O–H groups in total. The zero-order valence-corrected chi connectivity index (χ0v) is 24.3. The van der Waals surface area contributed by atoms with E-state index in [2.05, 4.69) is 6.92 Å². The van der Waals surface area contributed by atoms with Gasteiger partial charge in [-0.15, -0.1) is 0 Å². The molecule has 4 nitrogen and oxygen atoms in total. The maximum absolute atomic E-state index is 11.2. The third-order valence-corrected chi connectivity index (χ3v) is 7.26. The molecule has 2 atom stereocenters. The van der Waals surface area contributed by atoms with E-state index in [9.17, 15) is 18.1 Å². The SMILES string of the molecule is CCCCCCCCCCCCCC(O)CCCCCCC(CCC)S(=O)(=O)[O-].[K+]. The quantitative estimate of drug-likeness (QED) is 0.146. The van der Waals surface area contributed by atoms with Crippen LogP contribution < -0.4 is 51.4 Å². The van der Waals surface area contributed by atoms with E-state index >= 15 is 0 Å². The van der Waals surface area contributed by atoms with E-state index in [4.69, 9.17) is 0 Å². The van der Waals surface area contributed by atoms with Gasteiger partial charge in [0.1, 0.15) is 0 Å². The van der Waals surface area contributed by atoms with Gasteiger partial charge >= 0.3 is 51.4 Å². The molecule has 0 aromatic carbocycles. The summed E-state index contributed by atoms with van der Waals surface area (Å²) >= 11 is 0. The van der Waals surface area contributed by atoms with E-state index in [1.54, 1.807) is 0 Å². The van der Waals surface area contributed by atoms with Crippen molar-refractivity contribution in [3.05, 3.63) is 0 Å². The maximum atomic E-state index is 11.2. The Balaban J connectivity index is 0. The summed E-state index contributed by atoms with van der Waals surface area (Å²) in [6.45, 7) is 4.17. The van der Waals surface area contributed by atoms with Crippen molar-refractivity contribution in [2.75, 3.05) is 0 Å². The minimum absolute atomic E-state index is 0. The first-order valence-corrected chi connectivity index (χ1v) is 14.0. The van der Waals surface area contributed by atoms with Crippen LogP contribution in [0.5, 0.6) is 0 Å². The van der Waals surface area contributed by atoms with E-state index in [0.717, 1.165) is 51.4 Å². The second kappa shape index (κ2) is 23.7. The smallest absolute Gasteiger partial charge is 0.748 e. The summed E-state index contributed by atoms with van der Waals surface area (Å²) in [5.74, 6) is 0. The van der Waals surface area contributed by atoms with Gasteiger partial charge < -0.3 is 9.66 Å². The Labute approximate surface area is 230 Å². The van der Waals surface area contributed by atoms with Crippen molar-refractivity contribution in [3.63, 3.8) is 0 Å². The van der Waals surface area contributed by atoms with Gasteiger partial charge in [0.2, 0.25) is 0 Å². The van der Waals surface area contributed by atoms with Gasteiger partial charge in [0, 0.05) is 5.25 Å². The van der Waals surface area contributed by atoms with Crippen LogP contribution in [0.2, 0.25) is 0 Å². The summed E-state index contributed by atoms with van der Waals surface area (Å²) in [4.78, 5) is 0. The Bertz CT molecular complexity index is 442. The Morgan fingerprint density at radius 3 is 1.33 bits per heavy atom. The van der Waals surface area contributed by atoms with Gasteiger partial charge in [0.05, 0.1) is 16.2 Å². The predicted molar refractivity (Wildman–Crippen MR) is 123 cm³/mol. The Kier molecular flexibility index (Phi) is 26.6. The van der Waals surface area contributed by atoms with Crippen molar-refractivity contribution < 1.29 is 69.5 Å². The van der Waals surface area contributed by atoms with Gasteiger partial charge in [0.15, 0.2) is 0 Å². The number of hydrogen-bond donors (Lipinski definition) is 1. The molecule has 0 aromatic heterocycles. The van der Waals surface area contributed by atoms with Crippen LogP contribution in [0, 0.1) is 0 Å². The monoisotopic (exact) mass is 472 g/mol. The zero-order valence-electron chi connectivity index (χ0n) is 20.4. The largest absolute Gasteiger partial charge is 1.00 e. The molecule has 0 amide bonds. The molecule has 176 valence electrons. The molecule has 2 unspecified atom stereocenters. The summed E-state index contributed by atoms with van der Waals surface area (Å²) in [6, 6.07) is 0. The maximum Gasteiger partial charge on any atom is 1.00 e. The fraction of sp³-hybridized carbons (Fsp3) is 1.00. The van der Waals surface area contributed by atoms with Crippen molar-refractivity contribution in [2.24, 2.45) is 0 Å². The van der Waals surface area contributed by atoms with Crippen LogP contribution in [0.4, 0.5) is 0 Å². The first-order chi connectivity index (χ1) is 13.9. The second-order valence-corrected chi connectivity index (χ2v) is 10.5. The van der Waals surface area contributed by atoms with Crippen LogP contribution in [-0.4, -0.2) is 29.4 Å². The van der Waals surface area contributed by atoms with Gasteiger partial charge in [-0.25, -0.2) is 8.42 Å². The standard InChI is InChI=1S/C24H50O4S.K/c1-3-5-6-7-8-9-10-11-12-13-16-20-23(25)21-17-14-15-18-22-24(19-4-2)29(26,27)28;/h23-25H,3-22H2,1-2H3,(H,26,27,28);/q;+1/p-1. The van der Waals surface area contributed by atoms with Crippen molar-refractivity contribution in [1.82, 2.24) is 0 Å². The molecule has 0 aliphatic heterocycles. The van der Waals surface area contributed by atoms with Crippen LogP contribution >= 0.6 is 0 Å². The van der Waals surface area contributed by atoms with E-state index in [1.807, 2.05) is 6.92 Å². The molecule has 0 aromatic rings. The predicted octanol–water partition coefficient (Wildman–Crippen LogP) is 4.11. The molecule has 0 fully saturated rings. The number of aliphatic hydroxyl groups excluding tert-OH is 1. The molecule has 0 rings (SSSR count). The molecular formula is C24H49KO4S. The fourth-order valence-electron chi connectivity index (χ4n) is 4.05. The molecule has 0 saturated carbocycles. The van der Waals surface area contributed by atoms with Gasteiger partial charge in [-0.1, -0.05) is 117 Å². The number of hydrogen-bond acceptors (Lipinski definition) is 4. The summed E-state index contributed by atoms with van der Waals surface area (Å²) in [5.41, 5.74) is 0. The molecule has 0 saturated heterocycles. The van der Waals surface area contributed by atoms with Gasteiger partial charge in [-0.3, -0.25) is 0 Å². The van der Waals surface area contributed by atoms with Crippen molar-refractivity contribution in [1.29, 1.82) is 0 Å². The molecule has 6 heteroatoms. The van der Waals surface area contributed by atoms with Crippen molar-refractivity contribution >= 4 is 10.1 Å². The van der Waals surface area contributed by atoms with E-state index in [0.29, 0.717) is 12.8 Å². The molecular weight excluding hydrogens is 423 g/mol. The fourth-order valence-corrected chi connectivity index (χ4v) is 5.03. The molecule has 0 aliphatic rings. The summed E-state index contributed by atoms with van der Waals surface area (Å²) < 4.78 is 33.6. The molecule has 0 spiro atoms. The zero-order chi connectivity index (χ0) is 21.8. The molecule has 0 heterocycles. The Morgan fingerprint density at radius 2 is 0.967 bits per heavy atom. The molecule has 0 aliphatic carbocycles. The van der Waals surface area contributed by atoms with Crippen LogP contribution in [0.15, 0.2) is 0 Å². The Hall–Kier alpha value is 1.51. The minimum Gasteiger partial charge on any atom is -0.748 e. The summed E-state index contributed by atoms with van der Waals surface area (Å²) in [7, 11) is -4.15. The van der Waals surface area contributed by atoms with Crippen molar-refractivity contribution in [2.45, 2.75) is 154 Å². The van der Waals surface area contributed by atoms with Crippen LogP contribution in [0.25, 0.3) is 0 Å². The Morgan fingerprint density at radius 1 is 0.600 bits per heavy atom. The molecule has 30 heavy (non-hydrogen) atoms. The number of aliphatic hydroxyl groups is 1. The average Bonchev–Trinajstić information content (AvgIpc) is 2.67. The second-order valence-electron chi connectivity index (χ2n) is 8.87. The van der Waals surface area contributed by atoms with Gasteiger partial charge in [-0.05, 0) is 25.7 Å². The first-order valence-electron chi connectivity index (χ1n) is 12.5. The van der Waals surface area contributed by atoms with Crippen LogP contribution in [0.1, 0.15) is 142 Å². The van der Waals surface area contributed by atoms with Gasteiger partial charge in [-0.2, -0.15) is 0 Å². The molecule has 0 radical (unpaired) electrons. The number of rotatable bonds is 22. The third kappa shape index (κ3) is 22.7. The minimum atomic E-state index is -4.15. The average molecular weight is 473 g/mol. The first kappa shape index (κ1) is 33.7. The topological polar surface area (TPSA) is 77.4 Å². The van der Waals surface area contributed by atoms with Gasteiger partial charge in [0.25, 0.3) is 0 Å². The van der Waals surface area contributed by atoms with E-state index in [-0.39, 0.29) is 57.5 Å². The summed E-state index contributed by atoms with van der Waals surface area (Å²) in [5, 5.41) is 9.38. The van der Waals surface area contributed by atoms with Crippen molar-refractivity contribution in [3.8, 4) is 0 Å². The molecule has 0 bridgehead atoms. The number of unbranched alkanes of at least 4 members (excludes halogenated alkanes) is 13. The van der Waals surface area contributed by atoms with Crippen LogP contribution in [0.3, 0.4) is 0 Å². The normalized spacial score (nSPS) is 13.7. The van der Waals surface area contributed by atoms with E-state index < -0.39 is 15.4 Å². The van der Waals surface area contributed by atoms with E-state index in [1.165, 1.54) is 64.2 Å².